The highest BCUT2D eigenvalue weighted by Gasteiger charge is 2.17. The van der Waals surface area contributed by atoms with Crippen molar-refractivity contribution in [1.29, 1.82) is 0 Å². The highest BCUT2D eigenvalue weighted by Crippen LogP contribution is 2.30. The first kappa shape index (κ1) is 15.0. The number of rotatable bonds is 5. The van der Waals surface area contributed by atoms with Gasteiger partial charge in [-0.05, 0) is 46.8 Å². The molecule has 2 rings (SSSR count). The molecular weight excluding hydrogens is 305 g/mol. The van der Waals surface area contributed by atoms with Crippen LogP contribution in [0.25, 0.3) is 0 Å². The maximum Gasteiger partial charge on any atom is 0.141 e. The third-order valence-corrected chi connectivity index (χ3v) is 4.82. The number of halogens is 2. The van der Waals surface area contributed by atoms with E-state index in [-0.39, 0.29) is 5.82 Å². The predicted molar refractivity (Wildman–Crippen MR) is 81.5 cm³/mol. The Hall–Kier alpha value is -0.410. The normalized spacial score (nSPS) is 23.5. The zero-order chi connectivity index (χ0) is 13.7. The SMILES string of the molecule is CC1CCC(CCNCc2cccc(Br)c2F)CC1. The lowest BCUT2D eigenvalue weighted by molar-refractivity contribution is 0.275. The van der Waals surface area contributed by atoms with Crippen molar-refractivity contribution in [2.75, 3.05) is 6.54 Å². The van der Waals surface area contributed by atoms with Gasteiger partial charge in [-0.15, -0.1) is 0 Å². The van der Waals surface area contributed by atoms with Crippen molar-refractivity contribution in [3.05, 3.63) is 34.1 Å². The van der Waals surface area contributed by atoms with Crippen LogP contribution in [0.5, 0.6) is 0 Å². The van der Waals surface area contributed by atoms with E-state index in [1.165, 1.54) is 32.1 Å². The van der Waals surface area contributed by atoms with E-state index < -0.39 is 0 Å². The van der Waals surface area contributed by atoms with Gasteiger partial charge in [0.25, 0.3) is 0 Å². The fourth-order valence-electron chi connectivity index (χ4n) is 2.83. The zero-order valence-corrected chi connectivity index (χ0v) is 13.2. The lowest BCUT2D eigenvalue weighted by Gasteiger charge is -2.26. The molecule has 1 aliphatic rings. The van der Waals surface area contributed by atoms with Gasteiger partial charge in [-0.25, -0.2) is 4.39 Å². The molecule has 1 N–H and O–H groups in total. The molecule has 19 heavy (non-hydrogen) atoms. The number of nitrogens with one attached hydrogen (secondary N) is 1. The van der Waals surface area contributed by atoms with E-state index in [2.05, 4.69) is 28.2 Å². The summed E-state index contributed by atoms with van der Waals surface area (Å²) in [5, 5.41) is 3.37. The van der Waals surface area contributed by atoms with Crippen LogP contribution in [0.3, 0.4) is 0 Å². The van der Waals surface area contributed by atoms with Gasteiger partial charge in [0.15, 0.2) is 0 Å². The molecule has 1 fully saturated rings. The first-order valence-electron chi connectivity index (χ1n) is 7.30. The van der Waals surface area contributed by atoms with Crippen LogP contribution in [-0.4, -0.2) is 6.54 Å². The average molecular weight is 328 g/mol. The van der Waals surface area contributed by atoms with Crippen molar-refractivity contribution in [1.82, 2.24) is 5.32 Å². The summed E-state index contributed by atoms with van der Waals surface area (Å²) in [5.41, 5.74) is 0.742. The molecule has 1 aromatic rings. The summed E-state index contributed by atoms with van der Waals surface area (Å²) >= 11 is 3.22. The van der Waals surface area contributed by atoms with Crippen LogP contribution in [0.2, 0.25) is 0 Å². The van der Waals surface area contributed by atoms with Crippen LogP contribution in [0.4, 0.5) is 4.39 Å². The molecule has 1 aliphatic carbocycles. The molecule has 0 saturated heterocycles. The quantitative estimate of drug-likeness (QED) is 0.759. The highest BCUT2D eigenvalue weighted by molar-refractivity contribution is 9.10. The van der Waals surface area contributed by atoms with Gasteiger partial charge in [-0.1, -0.05) is 44.7 Å². The molecule has 0 spiro atoms. The second kappa shape index (κ2) is 7.39. The van der Waals surface area contributed by atoms with E-state index in [4.69, 9.17) is 0 Å². The Kier molecular flexibility index (Phi) is 5.83. The van der Waals surface area contributed by atoms with Gasteiger partial charge in [0, 0.05) is 12.1 Å². The van der Waals surface area contributed by atoms with Gasteiger partial charge in [-0.2, -0.15) is 0 Å². The minimum atomic E-state index is -0.138. The second-order valence-electron chi connectivity index (χ2n) is 5.80. The summed E-state index contributed by atoms with van der Waals surface area (Å²) in [6, 6.07) is 5.46. The van der Waals surface area contributed by atoms with Crippen molar-refractivity contribution < 1.29 is 4.39 Å². The Morgan fingerprint density at radius 3 is 2.74 bits per heavy atom. The molecular formula is C16H23BrFN. The minimum Gasteiger partial charge on any atom is -0.313 e. The van der Waals surface area contributed by atoms with Crippen molar-refractivity contribution in [2.45, 2.75) is 45.6 Å². The number of hydrogen-bond acceptors (Lipinski definition) is 1. The van der Waals surface area contributed by atoms with Crippen molar-refractivity contribution in [3.8, 4) is 0 Å². The third-order valence-electron chi connectivity index (χ3n) is 4.21. The fraction of sp³-hybridized carbons (Fsp3) is 0.625. The Balaban J connectivity index is 1.68. The number of hydrogen-bond donors (Lipinski definition) is 1. The Morgan fingerprint density at radius 1 is 1.26 bits per heavy atom. The molecule has 0 atom stereocenters. The molecule has 1 nitrogen and oxygen atoms in total. The summed E-state index contributed by atoms with van der Waals surface area (Å²) in [5.74, 6) is 1.65. The van der Waals surface area contributed by atoms with Crippen LogP contribution in [0.15, 0.2) is 22.7 Å². The maximum atomic E-state index is 13.7. The Morgan fingerprint density at radius 2 is 2.00 bits per heavy atom. The topological polar surface area (TPSA) is 12.0 Å². The molecule has 1 aromatic carbocycles. The molecule has 3 heteroatoms. The molecule has 0 aromatic heterocycles. The van der Waals surface area contributed by atoms with Crippen molar-refractivity contribution in [3.63, 3.8) is 0 Å². The lowest BCUT2D eigenvalue weighted by Crippen LogP contribution is -2.21. The fourth-order valence-corrected chi connectivity index (χ4v) is 3.24. The first-order valence-corrected chi connectivity index (χ1v) is 8.09. The standard InChI is InChI=1S/C16H23BrFN/c1-12-5-7-13(8-6-12)9-10-19-11-14-3-2-4-15(17)16(14)18/h2-4,12-13,19H,5-11H2,1H3. The van der Waals surface area contributed by atoms with Crippen LogP contribution in [0.1, 0.15) is 44.6 Å². The van der Waals surface area contributed by atoms with E-state index >= 15 is 0 Å². The third kappa shape index (κ3) is 4.57. The van der Waals surface area contributed by atoms with Gasteiger partial charge in [0.2, 0.25) is 0 Å². The second-order valence-corrected chi connectivity index (χ2v) is 6.66. The van der Waals surface area contributed by atoms with E-state index in [0.717, 1.165) is 23.9 Å². The summed E-state index contributed by atoms with van der Waals surface area (Å²) < 4.78 is 14.3. The minimum absolute atomic E-state index is 0.138. The van der Waals surface area contributed by atoms with Gasteiger partial charge in [0.1, 0.15) is 5.82 Å². The monoisotopic (exact) mass is 327 g/mol. The van der Waals surface area contributed by atoms with Gasteiger partial charge < -0.3 is 5.32 Å². The molecule has 0 amide bonds. The molecule has 0 heterocycles. The molecule has 0 radical (unpaired) electrons. The van der Waals surface area contributed by atoms with E-state index in [9.17, 15) is 4.39 Å². The van der Waals surface area contributed by atoms with Gasteiger partial charge >= 0.3 is 0 Å². The first-order chi connectivity index (χ1) is 9.16. The largest absolute Gasteiger partial charge is 0.313 e. The van der Waals surface area contributed by atoms with E-state index in [1.807, 2.05) is 12.1 Å². The summed E-state index contributed by atoms with van der Waals surface area (Å²) in [6.07, 6.45) is 6.72. The van der Waals surface area contributed by atoms with E-state index in [0.29, 0.717) is 11.0 Å². The van der Waals surface area contributed by atoms with Crippen molar-refractivity contribution in [2.24, 2.45) is 11.8 Å². The number of benzene rings is 1. The zero-order valence-electron chi connectivity index (χ0n) is 11.6. The summed E-state index contributed by atoms with van der Waals surface area (Å²) in [6.45, 7) is 3.96. The molecule has 106 valence electrons. The van der Waals surface area contributed by atoms with Gasteiger partial charge in [0.05, 0.1) is 4.47 Å². The van der Waals surface area contributed by atoms with Gasteiger partial charge in [-0.3, -0.25) is 0 Å². The Bertz CT molecular complexity index is 400. The Labute approximate surface area is 124 Å². The summed E-state index contributed by atoms with van der Waals surface area (Å²) in [7, 11) is 0. The smallest absolute Gasteiger partial charge is 0.141 e. The van der Waals surface area contributed by atoms with Crippen LogP contribution in [0, 0.1) is 17.7 Å². The van der Waals surface area contributed by atoms with Crippen molar-refractivity contribution >= 4 is 15.9 Å². The molecule has 0 unspecified atom stereocenters. The van der Waals surface area contributed by atoms with E-state index in [1.54, 1.807) is 6.07 Å². The molecule has 0 bridgehead atoms. The van der Waals surface area contributed by atoms with Crippen LogP contribution >= 0.6 is 15.9 Å². The summed E-state index contributed by atoms with van der Waals surface area (Å²) in [4.78, 5) is 0. The van der Waals surface area contributed by atoms with Crippen LogP contribution < -0.4 is 5.32 Å². The highest BCUT2D eigenvalue weighted by atomic mass is 79.9. The van der Waals surface area contributed by atoms with Crippen LogP contribution in [-0.2, 0) is 6.54 Å². The lowest BCUT2D eigenvalue weighted by atomic mass is 9.81. The molecule has 1 saturated carbocycles. The molecule has 0 aliphatic heterocycles. The maximum absolute atomic E-state index is 13.7. The average Bonchev–Trinajstić information content (AvgIpc) is 2.41. The predicted octanol–water partition coefficient (Wildman–Crippen LogP) is 4.89.